The Kier molecular flexibility index (Phi) is 3.84. The van der Waals surface area contributed by atoms with E-state index in [1.54, 1.807) is 11.0 Å². The number of carbonyl (C=O) groups is 1. The molecule has 1 amide bonds. The van der Waals surface area contributed by atoms with Gasteiger partial charge in [-0.1, -0.05) is 0 Å². The van der Waals surface area contributed by atoms with Crippen LogP contribution in [0, 0.1) is 11.7 Å². The van der Waals surface area contributed by atoms with Gasteiger partial charge in [-0.3, -0.25) is 4.79 Å². The van der Waals surface area contributed by atoms with Crippen LogP contribution < -0.4 is 9.80 Å². The van der Waals surface area contributed by atoms with Crippen molar-refractivity contribution in [2.24, 2.45) is 5.92 Å². The van der Waals surface area contributed by atoms with Gasteiger partial charge in [-0.25, -0.2) is 12.8 Å². The van der Waals surface area contributed by atoms with Crippen LogP contribution in [0.25, 0.3) is 0 Å². The predicted octanol–water partition coefficient (Wildman–Crippen LogP) is 1.43. The molecule has 0 spiro atoms. The molecule has 3 rings (SSSR count). The molecular weight excluding hydrogens is 307 g/mol. The van der Waals surface area contributed by atoms with Crippen molar-refractivity contribution in [3.05, 3.63) is 24.0 Å². The first-order valence-corrected chi connectivity index (χ1v) is 9.22. The maximum atomic E-state index is 13.6. The Labute approximate surface area is 129 Å². The molecule has 2 aliphatic rings. The van der Waals surface area contributed by atoms with Gasteiger partial charge >= 0.3 is 0 Å². The molecule has 0 saturated carbocycles. The second kappa shape index (κ2) is 5.53. The summed E-state index contributed by atoms with van der Waals surface area (Å²) in [6.07, 6.45) is 1.12. The number of halogens is 1. The summed E-state index contributed by atoms with van der Waals surface area (Å²) < 4.78 is 36.9. The number of carbonyl (C=O) groups excluding carboxylic acids is 1. The minimum absolute atomic E-state index is 0.0627. The number of rotatable bonds is 1. The first kappa shape index (κ1) is 15.3. The lowest BCUT2D eigenvalue weighted by atomic mass is 10.1. The molecule has 2 heterocycles. The summed E-state index contributed by atoms with van der Waals surface area (Å²) >= 11 is 0. The fourth-order valence-electron chi connectivity index (χ4n) is 3.18. The minimum Gasteiger partial charge on any atom is -0.373 e. The molecule has 0 aromatic heterocycles. The Morgan fingerprint density at radius 1 is 1.27 bits per heavy atom. The fourth-order valence-corrected chi connectivity index (χ4v) is 4.91. The number of benzene rings is 1. The number of nitrogens with zero attached hydrogens (tertiary/aromatic N) is 2. The Morgan fingerprint density at radius 3 is 2.73 bits per heavy atom. The number of hydrogen-bond acceptors (Lipinski definition) is 4. The minimum atomic E-state index is -3.12. The maximum Gasteiger partial charge on any atom is 0.231 e. The van der Waals surface area contributed by atoms with Gasteiger partial charge in [0.2, 0.25) is 5.91 Å². The average Bonchev–Trinajstić information content (AvgIpc) is 2.74. The molecule has 0 N–H and O–H groups in total. The van der Waals surface area contributed by atoms with Crippen LogP contribution in [0.2, 0.25) is 0 Å². The molecule has 0 radical (unpaired) electrons. The average molecular weight is 326 g/mol. The quantitative estimate of drug-likeness (QED) is 0.783. The fraction of sp³-hybridized carbons (Fsp3) is 0.533. The smallest absolute Gasteiger partial charge is 0.231 e. The highest BCUT2D eigenvalue weighted by molar-refractivity contribution is 7.91. The van der Waals surface area contributed by atoms with Crippen LogP contribution in [0.5, 0.6) is 0 Å². The second-order valence-corrected chi connectivity index (χ2v) is 8.23. The van der Waals surface area contributed by atoms with Crippen LogP contribution in [0.4, 0.5) is 15.8 Å². The normalized spacial score (nSPS) is 24.0. The van der Waals surface area contributed by atoms with Gasteiger partial charge in [0.15, 0.2) is 9.84 Å². The largest absolute Gasteiger partial charge is 0.373 e. The molecule has 1 unspecified atom stereocenters. The van der Waals surface area contributed by atoms with Crippen LogP contribution in [-0.4, -0.2) is 46.0 Å². The molecule has 1 saturated heterocycles. The molecular formula is C15H19FN2O3S. The van der Waals surface area contributed by atoms with Crippen molar-refractivity contribution < 1.29 is 17.6 Å². The van der Waals surface area contributed by atoms with Gasteiger partial charge in [0.05, 0.1) is 28.8 Å². The van der Waals surface area contributed by atoms with Gasteiger partial charge in [0.1, 0.15) is 5.82 Å². The Hall–Kier alpha value is -1.63. The van der Waals surface area contributed by atoms with E-state index in [2.05, 4.69) is 0 Å². The third-order valence-electron chi connectivity index (χ3n) is 4.36. The summed E-state index contributed by atoms with van der Waals surface area (Å²) in [5.41, 5.74) is 1.34. The lowest BCUT2D eigenvalue weighted by Crippen LogP contribution is -2.37. The van der Waals surface area contributed by atoms with Crippen molar-refractivity contribution in [2.75, 3.05) is 41.4 Å². The van der Waals surface area contributed by atoms with Crippen molar-refractivity contribution in [3.63, 3.8) is 0 Å². The van der Waals surface area contributed by atoms with Crippen LogP contribution in [0.3, 0.4) is 0 Å². The van der Waals surface area contributed by atoms with Crippen LogP contribution in [0.15, 0.2) is 18.2 Å². The van der Waals surface area contributed by atoms with E-state index in [0.29, 0.717) is 18.7 Å². The summed E-state index contributed by atoms with van der Waals surface area (Å²) in [4.78, 5) is 16.3. The summed E-state index contributed by atoms with van der Waals surface area (Å²) in [6.45, 7) is 1.25. The standard InChI is InChI=1S/C15H19FN2O3S/c1-17-6-2-7-18(14-9-12(16)3-4-13(14)17)15(19)11-5-8-22(20,21)10-11/h3-4,9,11H,2,5-8,10H2,1H3. The SMILES string of the molecule is CN1CCCN(C(=O)C2CCS(=O)(=O)C2)c2cc(F)ccc21. The van der Waals surface area contributed by atoms with E-state index in [1.165, 1.54) is 12.1 Å². The summed E-state index contributed by atoms with van der Waals surface area (Å²) in [5.74, 6) is -1.14. The van der Waals surface area contributed by atoms with Gasteiger partial charge in [-0.2, -0.15) is 0 Å². The number of fused-ring (bicyclic) bond motifs is 1. The lowest BCUT2D eigenvalue weighted by Gasteiger charge is -2.26. The number of amides is 1. The molecule has 1 atom stereocenters. The van der Waals surface area contributed by atoms with Gasteiger partial charge < -0.3 is 9.80 Å². The molecule has 0 aliphatic carbocycles. The molecule has 2 aliphatic heterocycles. The van der Waals surface area contributed by atoms with Crippen molar-refractivity contribution in [3.8, 4) is 0 Å². The monoisotopic (exact) mass is 326 g/mol. The highest BCUT2D eigenvalue weighted by atomic mass is 32.2. The van der Waals surface area contributed by atoms with E-state index >= 15 is 0 Å². The predicted molar refractivity (Wildman–Crippen MR) is 83.4 cm³/mol. The maximum absolute atomic E-state index is 13.6. The van der Waals surface area contributed by atoms with Gasteiger partial charge in [-0.15, -0.1) is 0 Å². The molecule has 1 aromatic rings. The Balaban J connectivity index is 1.95. The van der Waals surface area contributed by atoms with E-state index in [1.807, 2.05) is 11.9 Å². The van der Waals surface area contributed by atoms with E-state index in [9.17, 15) is 17.6 Å². The number of sulfone groups is 1. The van der Waals surface area contributed by atoms with Gasteiger partial charge in [0, 0.05) is 20.1 Å². The van der Waals surface area contributed by atoms with E-state index in [4.69, 9.17) is 0 Å². The molecule has 5 nitrogen and oxygen atoms in total. The lowest BCUT2D eigenvalue weighted by molar-refractivity contribution is -0.121. The van der Waals surface area contributed by atoms with E-state index < -0.39 is 21.6 Å². The van der Waals surface area contributed by atoms with Crippen molar-refractivity contribution in [1.29, 1.82) is 0 Å². The highest BCUT2D eigenvalue weighted by Crippen LogP contribution is 2.34. The van der Waals surface area contributed by atoms with Crippen molar-refractivity contribution in [1.82, 2.24) is 0 Å². The van der Waals surface area contributed by atoms with Crippen LogP contribution in [-0.2, 0) is 14.6 Å². The molecule has 120 valence electrons. The summed E-state index contributed by atoms with van der Waals surface area (Å²) in [7, 11) is -1.21. The molecule has 1 aromatic carbocycles. The third kappa shape index (κ3) is 2.82. The van der Waals surface area contributed by atoms with Crippen molar-refractivity contribution >= 4 is 27.1 Å². The highest BCUT2D eigenvalue weighted by Gasteiger charge is 2.37. The molecule has 1 fully saturated rings. The van der Waals surface area contributed by atoms with Gasteiger partial charge in [-0.05, 0) is 31.0 Å². The third-order valence-corrected chi connectivity index (χ3v) is 6.13. The van der Waals surface area contributed by atoms with Gasteiger partial charge in [0.25, 0.3) is 0 Å². The zero-order chi connectivity index (χ0) is 15.9. The topological polar surface area (TPSA) is 57.7 Å². The summed E-state index contributed by atoms with van der Waals surface area (Å²) in [6, 6.07) is 4.41. The van der Waals surface area contributed by atoms with Crippen LogP contribution in [0.1, 0.15) is 12.8 Å². The number of anilines is 2. The molecule has 7 heteroatoms. The first-order chi connectivity index (χ1) is 10.4. The Morgan fingerprint density at radius 2 is 2.05 bits per heavy atom. The van der Waals surface area contributed by atoms with E-state index in [0.717, 1.165) is 18.7 Å². The Bertz CT molecular complexity index is 705. The zero-order valence-corrected chi connectivity index (χ0v) is 13.3. The second-order valence-electron chi connectivity index (χ2n) is 6.00. The number of hydrogen-bond donors (Lipinski definition) is 0. The van der Waals surface area contributed by atoms with E-state index in [-0.39, 0.29) is 17.4 Å². The molecule has 22 heavy (non-hydrogen) atoms. The van der Waals surface area contributed by atoms with Crippen molar-refractivity contribution in [2.45, 2.75) is 12.8 Å². The summed E-state index contributed by atoms with van der Waals surface area (Å²) in [5, 5.41) is 0. The molecule has 0 bridgehead atoms. The van der Waals surface area contributed by atoms with Crippen LogP contribution >= 0.6 is 0 Å². The first-order valence-electron chi connectivity index (χ1n) is 7.40. The zero-order valence-electron chi connectivity index (χ0n) is 12.5.